The van der Waals surface area contributed by atoms with Crippen LogP contribution in [0.1, 0.15) is 41.2 Å². The van der Waals surface area contributed by atoms with Gasteiger partial charge in [-0.25, -0.2) is 4.98 Å². The topological polar surface area (TPSA) is 135 Å². The number of aromatic nitrogens is 2. The summed E-state index contributed by atoms with van der Waals surface area (Å²) in [7, 11) is 1.71. The van der Waals surface area contributed by atoms with E-state index in [-0.39, 0.29) is 19.1 Å². The molecular formula is C25H32N6O3S. The SMILES string of the molecule is COc1cc2c(cc1CC(C)C)-n1c(-c3cccs3)nc(C(=O)N(C(N)N)C3(N)COC3)c1CC2. The third-order valence-electron chi connectivity index (χ3n) is 6.60. The number of carbonyl (C=O) groups excluding carboxylic acids is 1. The van der Waals surface area contributed by atoms with Gasteiger partial charge in [-0.3, -0.25) is 25.7 Å². The molecule has 6 N–H and O–H groups in total. The smallest absolute Gasteiger partial charge is 0.278 e. The van der Waals surface area contributed by atoms with Gasteiger partial charge in [0.2, 0.25) is 0 Å². The van der Waals surface area contributed by atoms with Gasteiger partial charge in [0, 0.05) is 0 Å². The summed E-state index contributed by atoms with van der Waals surface area (Å²) in [5.41, 5.74) is 21.9. The summed E-state index contributed by atoms with van der Waals surface area (Å²) < 4.78 is 13.1. The number of aryl methyl sites for hydroxylation is 1. The first kappa shape index (κ1) is 24.0. The lowest BCUT2D eigenvalue weighted by Crippen LogP contribution is -2.75. The fourth-order valence-electron chi connectivity index (χ4n) is 4.99. The molecule has 2 aromatic heterocycles. The Balaban J connectivity index is 1.69. The molecule has 0 aliphatic carbocycles. The van der Waals surface area contributed by atoms with E-state index in [4.69, 9.17) is 31.7 Å². The molecule has 0 bridgehead atoms. The van der Waals surface area contributed by atoms with E-state index in [9.17, 15) is 4.79 Å². The highest BCUT2D eigenvalue weighted by molar-refractivity contribution is 7.13. The van der Waals surface area contributed by atoms with Gasteiger partial charge in [0.1, 0.15) is 17.7 Å². The van der Waals surface area contributed by atoms with Crippen LogP contribution in [0.4, 0.5) is 0 Å². The zero-order chi connectivity index (χ0) is 24.9. The Morgan fingerprint density at radius 3 is 2.66 bits per heavy atom. The number of rotatable bonds is 7. The van der Waals surface area contributed by atoms with Gasteiger partial charge in [0.25, 0.3) is 5.91 Å². The molecule has 5 rings (SSSR count). The third-order valence-corrected chi connectivity index (χ3v) is 7.47. The van der Waals surface area contributed by atoms with Gasteiger partial charge in [-0.15, -0.1) is 11.3 Å². The first-order valence-electron chi connectivity index (χ1n) is 11.8. The first-order chi connectivity index (χ1) is 16.7. The molecule has 2 aliphatic rings. The van der Waals surface area contributed by atoms with Gasteiger partial charge >= 0.3 is 0 Å². The molecule has 1 saturated heterocycles. The number of thiophene rings is 1. The van der Waals surface area contributed by atoms with E-state index < -0.39 is 12.0 Å². The van der Waals surface area contributed by atoms with E-state index >= 15 is 0 Å². The van der Waals surface area contributed by atoms with Crippen LogP contribution in [0, 0.1) is 5.92 Å². The Morgan fingerprint density at radius 2 is 2.09 bits per heavy atom. The summed E-state index contributed by atoms with van der Waals surface area (Å²) in [5, 5.41) is 2.00. The van der Waals surface area contributed by atoms with Crippen LogP contribution in [0.15, 0.2) is 29.6 Å². The normalized spacial score (nSPS) is 16.1. The number of ether oxygens (including phenoxy) is 2. The zero-order valence-electron chi connectivity index (χ0n) is 20.3. The number of imidazole rings is 1. The van der Waals surface area contributed by atoms with Gasteiger partial charge in [-0.05, 0) is 59.9 Å². The highest BCUT2D eigenvalue weighted by Gasteiger charge is 2.47. The minimum absolute atomic E-state index is 0.179. The van der Waals surface area contributed by atoms with E-state index in [1.165, 1.54) is 4.90 Å². The average Bonchev–Trinajstić information content (AvgIpc) is 3.44. The van der Waals surface area contributed by atoms with Crippen molar-refractivity contribution in [2.24, 2.45) is 23.1 Å². The van der Waals surface area contributed by atoms with Crippen molar-refractivity contribution < 1.29 is 14.3 Å². The number of nitrogens with zero attached hydrogens (tertiary/aromatic N) is 3. The van der Waals surface area contributed by atoms with Gasteiger partial charge in [-0.1, -0.05) is 19.9 Å². The monoisotopic (exact) mass is 496 g/mol. The fourth-order valence-corrected chi connectivity index (χ4v) is 5.69. The van der Waals surface area contributed by atoms with Crippen LogP contribution in [0.2, 0.25) is 0 Å². The van der Waals surface area contributed by atoms with Crippen LogP contribution in [-0.2, 0) is 24.0 Å². The number of amides is 1. The van der Waals surface area contributed by atoms with Gasteiger partial charge < -0.3 is 15.2 Å². The summed E-state index contributed by atoms with van der Waals surface area (Å²) in [6, 6.07) is 8.30. The fraction of sp³-hybridized carbons (Fsp3) is 0.440. The minimum Gasteiger partial charge on any atom is -0.496 e. The Hall–Kier alpha value is -2.76. The maximum absolute atomic E-state index is 13.8. The molecule has 1 aromatic carbocycles. The molecule has 0 radical (unpaired) electrons. The number of carbonyl (C=O) groups is 1. The highest BCUT2D eigenvalue weighted by atomic mass is 32.1. The molecule has 0 saturated carbocycles. The Bertz CT molecular complexity index is 1250. The number of benzene rings is 1. The summed E-state index contributed by atoms with van der Waals surface area (Å²) in [6.07, 6.45) is 1.21. The number of hydrogen-bond donors (Lipinski definition) is 3. The van der Waals surface area contributed by atoms with Gasteiger partial charge in [0.05, 0.1) is 36.6 Å². The van der Waals surface area contributed by atoms with Crippen molar-refractivity contribution >= 4 is 17.2 Å². The van der Waals surface area contributed by atoms with Crippen molar-refractivity contribution in [2.45, 2.75) is 45.1 Å². The second-order valence-electron chi connectivity index (χ2n) is 9.70. The molecule has 2 aliphatic heterocycles. The molecule has 9 nitrogen and oxygen atoms in total. The highest BCUT2D eigenvalue weighted by Crippen LogP contribution is 2.39. The van der Waals surface area contributed by atoms with Crippen LogP contribution in [0.3, 0.4) is 0 Å². The van der Waals surface area contributed by atoms with Crippen LogP contribution in [-0.4, -0.2) is 52.6 Å². The molecule has 1 fully saturated rings. The minimum atomic E-state index is -1.07. The predicted octanol–water partition coefficient (Wildman–Crippen LogP) is 2.23. The zero-order valence-corrected chi connectivity index (χ0v) is 21.1. The van der Waals surface area contributed by atoms with E-state index in [1.807, 2.05) is 17.5 Å². The van der Waals surface area contributed by atoms with Crippen molar-refractivity contribution in [1.82, 2.24) is 14.5 Å². The van der Waals surface area contributed by atoms with E-state index in [1.54, 1.807) is 18.4 Å². The number of nitrogens with two attached hydrogens (primary N) is 3. The largest absolute Gasteiger partial charge is 0.496 e. The Morgan fingerprint density at radius 1 is 1.31 bits per heavy atom. The van der Waals surface area contributed by atoms with Gasteiger partial charge in [0.15, 0.2) is 11.5 Å². The lowest BCUT2D eigenvalue weighted by Gasteiger charge is -2.47. The molecule has 186 valence electrons. The van der Waals surface area contributed by atoms with Crippen molar-refractivity contribution in [1.29, 1.82) is 0 Å². The third kappa shape index (κ3) is 4.05. The molecular weight excluding hydrogens is 464 g/mol. The Labute approximate surface area is 208 Å². The quantitative estimate of drug-likeness (QED) is 0.427. The summed E-state index contributed by atoms with van der Waals surface area (Å²) in [6.45, 7) is 4.73. The van der Waals surface area contributed by atoms with Crippen molar-refractivity contribution in [3.8, 4) is 22.1 Å². The summed E-state index contributed by atoms with van der Waals surface area (Å²) in [4.78, 5) is 21.0. The van der Waals surface area contributed by atoms with Crippen LogP contribution < -0.4 is 21.9 Å². The van der Waals surface area contributed by atoms with Crippen molar-refractivity contribution in [3.05, 3.63) is 52.2 Å². The second-order valence-corrected chi connectivity index (χ2v) is 10.6. The molecule has 3 aromatic rings. The lowest BCUT2D eigenvalue weighted by molar-refractivity contribution is -0.133. The maximum Gasteiger partial charge on any atom is 0.278 e. The standard InChI is InChI=1S/C25H32N6O3S/c1-14(2)9-16-10-18-15(11-19(16)33-3)6-7-17-21(29-22(30(17)18)20-5-4-8-35-20)23(32)31(24(26)27)25(28)12-34-13-25/h4-5,8,10-11,14,24H,6-7,9,12-13,26-28H2,1-3H3. The Kier molecular flexibility index (Phi) is 6.18. The summed E-state index contributed by atoms with van der Waals surface area (Å²) >= 11 is 1.58. The van der Waals surface area contributed by atoms with Crippen molar-refractivity contribution in [2.75, 3.05) is 20.3 Å². The number of fused-ring (bicyclic) bond motifs is 3. The molecule has 0 atom stereocenters. The van der Waals surface area contributed by atoms with E-state index in [0.29, 0.717) is 18.0 Å². The number of methoxy groups -OCH3 is 1. The van der Waals surface area contributed by atoms with E-state index in [0.717, 1.165) is 51.8 Å². The van der Waals surface area contributed by atoms with Crippen LogP contribution in [0.5, 0.6) is 5.75 Å². The maximum atomic E-state index is 13.8. The second kappa shape index (κ2) is 9.03. The molecule has 10 heteroatoms. The first-order valence-corrected chi connectivity index (χ1v) is 12.7. The molecule has 4 heterocycles. The van der Waals surface area contributed by atoms with Crippen LogP contribution >= 0.6 is 11.3 Å². The number of hydrogen-bond acceptors (Lipinski definition) is 8. The van der Waals surface area contributed by atoms with Gasteiger partial charge in [-0.2, -0.15) is 0 Å². The molecule has 35 heavy (non-hydrogen) atoms. The van der Waals surface area contributed by atoms with Crippen LogP contribution in [0.25, 0.3) is 16.4 Å². The average molecular weight is 497 g/mol. The predicted molar refractivity (Wildman–Crippen MR) is 135 cm³/mol. The lowest BCUT2D eigenvalue weighted by atomic mass is 9.94. The van der Waals surface area contributed by atoms with Crippen molar-refractivity contribution in [3.63, 3.8) is 0 Å². The molecule has 1 amide bonds. The summed E-state index contributed by atoms with van der Waals surface area (Å²) in [5.74, 6) is 1.70. The van der Waals surface area contributed by atoms with E-state index in [2.05, 4.69) is 30.5 Å². The molecule has 0 spiro atoms. The molecule has 0 unspecified atom stereocenters.